The van der Waals surface area contributed by atoms with Crippen molar-refractivity contribution in [2.24, 2.45) is 4.99 Å². The maximum absolute atomic E-state index is 12.3. The molecule has 0 radical (unpaired) electrons. The van der Waals surface area contributed by atoms with Crippen LogP contribution in [0.5, 0.6) is 0 Å². The van der Waals surface area contributed by atoms with Crippen LogP contribution in [0.15, 0.2) is 4.99 Å². The van der Waals surface area contributed by atoms with Gasteiger partial charge in [-0.15, -0.1) is 0 Å². The SMILES string of the molecule is CN=C(NCCS(=O)(=O)N1CCSCC1)NC1CCN(C2CC2)C1. The Balaban J connectivity index is 1.39. The molecule has 1 saturated carbocycles. The second-order valence-electron chi connectivity index (χ2n) is 6.68. The molecule has 2 aliphatic heterocycles. The van der Waals surface area contributed by atoms with E-state index in [2.05, 4.69) is 20.5 Å². The Morgan fingerprint density at radius 2 is 1.96 bits per heavy atom. The van der Waals surface area contributed by atoms with Gasteiger partial charge in [-0.1, -0.05) is 0 Å². The Morgan fingerprint density at radius 3 is 2.62 bits per heavy atom. The van der Waals surface area contributed by atoms with Crippen molar-refractivity contribution >= 4 is 27.7 Å². The quantitative estimate of drug-likeness (QED) is 0.493. The Hall–Kier alpha value is -0.510. The largest absolute Gasteiger partial charge is 0.355 e. The predicted molar refractivity (Wildman–Crippen MR) is 100 cm³/mol. The number of sulfonamides is 1. The summed E-state index contributed by atoms with van der Waals surface area (Å²) in [5.74, 6) is 2.63. The van der Waals surface area contributed by atoms with E-state index < -0.39 is 10.0 Å². The fourth-order valence-corrected chi connectivity index (χ4v) is 5.81. The van der Waals surface area contributed by atoms with Gasteiger partial charge in [0.15, 0.2) is 5.96 Å². The first-order valence-electron chi connectivity index (χ1n) is 8.85. The molecule has 0 amide bonds. The highest BCUT2D eigenvalue weighted by atomic mass is 32.2. The average molecular weight is 376 g/mol. The Bertz CT molecular complexity index is 544. The molecule has 1 atom stereocenters. The third-order valence-corrected chi connectivity index (χ3v) is 7.68. The van der Waals surface area contributed by atoms with Gasteiger partial charge in [0.05, 0.1) is 5.75 Å². The summed E-state index contributed by atoms with van der Waals surface area (Å²) in [6.45, 7) is 3.89. The Labute approximate surface area is 149 Å². The van der Waals surface area contributed by atoms with Crippen LogP contribution in [0.2, 0.25) is 0 Å². The van der Waals surface area contributed by atoms with Gasteiger partial charge in [0.2, 0.25) is 10.0 Å². The summed E-state index contributed by atoms with van der Waals surface area (Å²) in [7, 11) is -1.42. The lowest BCUT2D eigenvalue weighted by atomic mass is 10.3. The van der Waals surface area contributed by atoms with Gasteiger partial charge < -0.3 is 10.6 Å². The van der Waals surface area contributed by atoms with Crippen LogP contribution in [0.3, 0.4) is 0 Å². The predicted octanol–water partition coefficient (Wildman–Crippen LogP) is -0.233. The molecule has 0 aromatic heterocycles. The second-order valence-corrected chi connectivity index (χ2v) is 10.00. The van der Waals surface area contributed by atoms with Crippen molar-refractivity contribution < 1.29 is 8.42 Å². The zero-order valence-electron chi connectivity index (χ0n) is 14.4. The van der Waals surface area contributed by atoms with Crippen molar-refractivity contribution in [2.75, 3.05) is 57.0 Å². The van der Waals surface area contributed by atoms with E-state index in [9.17, 15) is 8.42 Å². The number of rotatable bonds is 6. The van der Waals surface area contributed by atoms with E-state index in [0.717, 1.165) is 37.1 Å². The molecule has 9 heteroatoms. The minimum Gasteiger partial charge on any atom is -0.355 e. The van der Waals surface area contributed by atoms with Crippen LogP contribution in [0.4, 0.5) is 0 Å². The third kappa shape index (κ3) is 5.00. The van der Waals surface area contributed by atoms with Gasteiger partial charge >= 0.3 is 0 Å². The van der Waals surface area contributed by atoms with Crippen molar-refractivity contribution in [3.05, 3.63) is 0 Å². The van der Waals surface area contributed by atoms with Crippen LogP contribution >= 0.6 is 11.8 Å². The van der Waals surface area contributed by atoms with Crippen LogP contribution in [0.25, 0.3) is 0 Å². The number of nitrogens with zero attached hydrogens (tertiary/aromatic N) is 3. The van der Waals surface area contributed by atoms with Gasteiger partial charge in [0, 0.05) is 63.4 Å². The third-order valence-electron chi connectivity index (χ3n) is 4.86. The maximum atomic E-state index is 12.3. The highest BCUT2D eigenvalue weighted by molar-refractivity contribution is 7.99. The van der Waals surface area contributed by atoms with Crippen molar-refractivity contribution in [1.29, 1.82) is 0 Å². The molecule has 0 spiro atoms. The summed E-state index contributed by atoms with van der Waals surface area (Å²) >= 11 is 1.82. The Morgan fingerprint density at radius 1 is 1.21 bits per heavy atom. The van der Waals surface area contributed by atoms with Gasteiger partial charge in [0.1, 0.15) is 0 Å². The minimum absolute atomic E-state index is 0.122. The summed E-state index contributed by atoms with van der Waals surface area (Å²) in [5, 5.41) is 6.59. The summed E-state index contributed by atoms with van der Waals surface area (Å²) in [4.78, 5) is 6.78. The molecule has 7 nitrogen and oxygen atoms in total. The number of likely N-dealkylation sites (tertiary alicyclic amines) is 1. The number of thioether (sulfide) groups is 1. The topological polar surface area (TPSA) is 77.0 Å². The number of hydrogen-bond donors (Lipinski definition) is 2. The summed E-state index contributed by atoms with van der Waals surface area (Å²) < 4.78 is 26.3. The molecular weight excluding hydrogens is 346 g/mol. The van der Waals surface area contributed by atoms with Gasteiger partial charge in [-0.05, 0) is 19.3 Å². The average Bonchev–Trinajstić information content (AvgIpc) is 3.34. The van der Waals surface area contributed by atoms with Gasteiger partial charge in [-0.25, -0.2) is 12.7 Å². The van der Waals surface area contributed by atoms with E-state index in [1.54, 1.807) is 11.4 Å². The number of hydrogen-bond acceptors (Lipinski definition) is 5. The monoisotopic (exact) mass is 375 g/mol. The standard InChI is InChI=1S/C15H29N5O2S2/c1-16-15(18-13-4-6-19(12-13)14-2-3-14)17-5-11-24(21,22)20-7-9-23-10-8-20/h13-14H,2-12H2,1H3,(H2,16,17,18). The molecular formula is C15H29N5O2S2. The summed E-state index contributed by atoms with van der Waals surface area (Å²) in [5.41, 5.74) is 0. The highest BCUT2D eigenvalue weighted by Gasteiger charge is 2.34. The van der Waals surface area contributed by atoms with Crippen LogP contribution in [0.1, 0.15) is 19.3 Å². The zero-order valence-corrected chi connectivity index (χ0v) is 16.0. The molecule has 2 heterocycles. The lowest BCUT2D eigenvalue weighted by molar-refractivity contribution is 0.321. The number of guanidine groups is 1. The molecule has 138 valence electrons. The molecule has 2 N–H and O–H groups in total. The molecule has 24 heavy (non-hydrogen) atoms. The van der Waals surface area contributed by atoms with Crippen molar-refractivity contribution in [3.8, 4) is 0 Å². The minimum atomic E-state index is -3.16. The second kappa shape index (κ2) is 8.25. The first-order valence-corrected chi connectivity index (χ1v) is 11.6. The molecule has 3 aliphatic rings. The van der Waals surface area contributed by atoms with Crippen LogP contribution in [-0.2, 0) is 10.0 Å². The van der Waals surface area contributed by atoms with E-state index in [0.29, 0.717) is 31.6 Å². The lowest BCUT2D eigenvalue weighted by Gasteiger charge is -2.26. The van der Waals surface area contributed by atoms with Crippen molar-refractivity contribution in [3.63, 3.8) is 0 Å². The van der Waals surface area contributed by atoms with E-state index in [1.807, 2.05) is 11.8 Å². The van der Waals surface area contributed by atoms with E-state index in [1.165, 1.54) is 12.8 Å². The fraction of sp³-hybridized carbons (Fsp3) is 0.933. The molecule has 3 fully saturated rings. The molecule has 2 saturated heterocycles. The van der Waals surface area contributed by atoms with E-state index >= 15 is 0 Å². The lowest BCUT2D eigenvalue weighted by Crippen LogP contribution is -2.47. The van der Waals surface area contributed by atoms with E-state index in [4.69, 9.17) is 0 Å². The summed E-state index contributed by atoms with van der Waals surface area (Å²) in [6.07, 6.45) is 3.81. The highest BCUT2D eigenvalue weighted by Crippen LogP contribution is 2.29. The zero-order chi connectivity index (χ0) is 17.0. The maximum Gasteiger partial charge on any atom is 0.215 e. The van der Waals surface area contributed by atoms with Gasteiger partial charge in [0.25, 0.3) is 0 Å². The molecule has 3 rings (SSSR count). The van der Waals surface area contributed by atoms with Crippen LogP contribution < -0.4 is 10.6 Å². The van der Waals surface area contributed by atoms with Crippen molar-refractivity contribution in [2.45, 2.75) is 31.3 Å². The number of nitrogens with one attached hydrogen (secondary N) is 2. The molecule has 1 aliphatic carbocycles. The summed E-state index contributed by atoms with van der Waals surface area (Å²) in [6, 6.07) is 1.21. The fourth-order valence-electron chi connectivity index (χ4n) is 3.32. The molecule has 0 aromatic rings. The normalized spacial score (nSPS) is 27.4. The van der Waals surface area contributed by atoms with Gasteiger partial charge in [-0.2, -0.15) is 11.8 Å². The first-order chi connectivity index (χ1) is 11.6. The van der Waals surface area contributed by atoms with Crippen LogP contribution in [-0.4, -0.2) is 92.7 Å². The number of aliphatic imine (C=N–C) groups is 1. The first kappa shape index (κ1) is 18.3. The molecule has 1 unspecified atom stereocenters. The Kier molecular flexibility index (Phi) is 6.28. The van der Waals surface area contributed by atoms with Gasteiger partial charge in [-0.3, -0.25) is 9.89 Å². The van der Waals surface area contributed by atoms with Crippen LogP contribution in [0, 0.1) is 0 Å². The van der Waals surface area contributed by atoms with Crippen molar-refractivity contribution in [1.82, 2.24) is 19.8 Å². The smallest absolute Gasteiger partial charge is 0.215 e. The molecule has 0 aromatic carbocycles. The van der Waals surface area contributed by atoms with E-state index in [-0.39, 0.29) is 5.75 Å². The molecule has 0 bridgehead atoms.